The van der Waals surface area contributed by atoms with E-state index in [9.17, 15) is 19.5 Å². The third-order valence-corrected chi connectivity index (χ3v) is 3.65. The van der Waals surface area contributed by atoms with E-state index >= 15 is 0 Å². The number of nitrogens with one attached hydrogen (secondary N) is 2. The summed E-state index contributed by atoms with van der Waals surface area (Å²) in [6.07, 6.45) is 0. The molecule has 2 aromatic carbocycles. The lowest BCUT2D eigenvalue weighted by molar-refractivity contribution is 0.102. The smallest absolute Gasteiger partial charge is 0.335 e. The Labute approximate surface area is 146 Å². The maximum atomic E-state index is 12.4. The summed E-state index contributed by atoms with van der Waals surface area (Å²) in [6, 6.07) is 14.5. The number of anilines is 1. The molecule has 0 atom stereocenters. The number of aromatic nitrogens is 2. The molecule has 0 bridgehead atoms. The molecule has 126 valence electrons. The molecule has 1 amide bonds. The average Bonchev–Trinajstić information content (AvgIpc) is 2.55. The van der Waals surface area contributed by atoms with Gasteiger partial charge in [0.1, 0.15) is 0 Å². The Morgan fingerprint density at radius 3 is 2.48 bits per heavy atom. The predicted molar refractivity (Wildman–Crippen MR) is 93.7 cm³/mol. The van der Waals surface area contributed by atoms with E-state index in [2.05, 4.69) is 5.32 Å². The zero-order chi connectivity index (χ0) is 18.0. The molecule has 3 rings (SSSR count). The fraction of sp³-hybridized carbons (Fsp3) is 0. The highest BCUT2D eigenvalue weighted by Gasteiger charge is 2.22. The molecule has 3 aromatic rings. The molecule has 0 fully saturated rings. The highest BCUT2D eigenvalue weighted by Crippen LogP contribution is 2.20. The molecule has 0 aliphatic carbocycles. The van der Waals surface area contributed by atoms with Crippen molar-refractivity contribution >= 4 is 23.2 Å². The number of carbonyl (C=O) groups excluding carboxylic acids is 1. The van der Waals surface area contributed by atoms with Crippen LogP contribution >= 0.6 is 11.6 Å². The van der Waals surface area contributed by atoms with E-state index in [0.29, 0.717) is 10.7 Å². The molecule has 8 heteroatoms. The van der Waals surface area contributed by atoms with Crippen molar-refractivity contribution < 1.29 is 9.90 Å². The summed E-state index contributed by atoms with van der Waals surface area (Å²) in [4.78, 5) is 38.5. The number of aromatic hydroxyl groups is 1. The van der Waals surface area contributed by atoms with Crippen LogP contribution in [-0.2, 0) is 0 Å². The zero-order valence-corrected chi connectivity index (χ0v) is 13.4. The van der Waals surface area contributed by atoms with Gasteiger partial charge in [0.2, 0.25) is 5.88 Å². The lowest BCUT2D eigenvalue weighted by atomic mass is 10.2. The van der Waals surface area contributed by atoms with Crippen LogP contribution in [0.5, 0.6) is 5.88 Å². The van der Waals surface area contributed by atoms with Crippen molar-refractivity contribution in [3.8, 4) is 11.6 Å². The van der Waals surface area contributed by atoms with Gasteiger partial charge in [-0.05, 0) is 30.3 Å². The molecular formula is C17H12ClN3O4. The summed E-state index contributed by atoms with van der Waals surface area (Å²) in [5, 5.41) is 13.2. The predicted octanol–water partition coefficient (Wildman–Crippen LogP) is 2.14. The minimum atomic E-state index is -0.991. The third-order valence-electron chi connectivity index (χ3n) is 3.41. The van der Waals surface area contributed by atoms with Gasteiger partial charge in [-0.3, -0.25) is 14.6 Å². The number of aromatic amines is 1. The van der Waals surface area contributed by atoms with E-state index in [0.717, 1.165) is 4.57 Å². The van der Waals surface area contributed by atoms with Crippen LogP contribution in [0.3, 0.4) is 0 Å². The summed E-state index contributed by atoms with van der Waals surface area (Å²) in [6.45, 7) is 0. The normalized spacial score (nSPS) is 10.4. The van der Waals surface area contributed by atoms with E-state index < -0.39 is 28.6 Å². The monoisotopic (exact) mass is 357 g/mol. The van der Waals surface area contributed by atoms with Gasteiger partial charge >= 0.3 is 5.69 Å². The summed E-state index contributed by atoms with van der Waals surface area (Å²) in [5.41, 5.74) is -1.81. The number of rotatable bonds is 3. The number of hydrogen-bond donors (Lipinski definition) is 3. The van der Waals surface area contributed by atoms with Gasteiger partial charge in [-0.1, -0.05) is 35.9 Å². The molecular weight excluding hydrogens is 346 g/mol. The summed E-state index contributed by atoms with van der Waals surface area (Å²) in [7, 11) is 0. The first-order valence-corrected chi connectivity index (χ1v) is 7.56. The van der Waals surface area contributed by atoms with Gasteiger partial charge in [-0.2, -0.15) is 0 Å². The lowest BCUT2D eigenvalue weighted by Crippen LogP contribution is -2.34. The maximum Gasteiger partial charge on any atom is 0.335 e. The number of H-pyrrole nitrogens is 1. The van der Waals surface area contributed by atoms with E-state index in [-0.39, 0.29) is 5.69 Å². The van der Waals surface area contributed by atoms with E-state index in [1.807, 2.05) is 4.98 Å². The average molecular weight is 358 g/mol. The van der Waals surface area contributed by atoms with Gasteiger partial charge in [0, 0.05) is 10.7 Å². The molecule has 0 saturated heterocycles. The van der Waals surface area contributed by atoms with E-state index in [1.54, 1.807) is 42.5 Å². The fourth-order valence-electron chi connectivity index (χ4n) is 2.30. The van der Waals surface area contributed by atoms with Crippen molar-refractivity contribution in [2.45, 2.75) is 0 Å². The molecule has 0 saturated carbocycles. The van der Waals surface area contributed by atoms with Crippen LogP contribution in [-0.4, -0.2) is 20.6 Å². The molecule has 7 nitrogen and oxygen atoms in total. The van der Waals surface area contributed by atoms with Gasteiger partial charge in [0.05, 0.1) is 5.69 Å². The quantitative estimate of drug-likeness (QED) is 0.668. The molecule has 0 aliphatic rings. The standard InChI is InChI=1S/C17H12ClN3O4/c18-10-5-4-8-12(9-10)21-16(24)13(15(23)20-17(21)25)14(22)19-11-6-2-1-3-7-11/h1-9,24H,(H,19,22)(H,20,23,25). The number of amides is 1. The molecule has 1 aromatic heterocycles. The van der Waals surface area contributed by atoms with Crippen LogP contribution in [0.15, 0.2) is 64.2 Å². The van der Waals surface area contributed by atoms with E-state index in [1.165, 1.54) is 12.1 Å². The van der Waals surface area contributed by atoms with Crippen molar-refractivity contribution in [1.29, 1.82) is 0 Å². The second-order valence-corrected chi connectivity index (χ2v) is 5.53. The third kappa shape index (κ3) is 3.31. The number of nitrogens with zero attached hydrogens (tertiary/aromatic N) is 1. The molecule has 0 spiro atoms. The van der Waals surface area contributed by atoms with Crippen molar-refractivity contribution in [1.82, 2.24) is 9.55 Å². The van der Waals surface area contributed by atoms with Gasteiger partial charge in [0.15, 0.2) is 5.56 Å². The first-order valence-electron chi connectivity index (χ1n) is 7.18. The van der Waals surface area contributed by atoms with Crippen LogP contribution in [0.1, 0.15) is 10.4 Å². The number of hydrogen-bond acceptors (Lipinski definition) is 4. The Morgan fingerprint density at radius 2 is 1.80 bits per heavy atom. The lowest BCUT2D eigenvalue weighted by Gasteiger charge is -2.11. The van der Waals surface area contributed by atoms with Gasteiger partial charge in [-0.25, -0.2) is 9.36 Å². The molecule has 0 unspecified atom stereocenters. The van der Waals surface area contributed by atoms with Crippen LogP contribution in [0, 0.1) is 0 Å². The Balaban J connectivity index is 2.12. The van der Waals surface area contributed by atoms with Crippen LogP contribution in [0.4, 0.5) is 5.69 Å². The maximum absolute atomic E-state index is 12.4. The van der Waals surface area contributed by atoms with Crippen LogP contribution in [0.25, 0.3) is 5.69 Å². The highest BCUT2D eigenvalue weighted by molar-refractivity contribution is 6.30. The second kappa shape index (κ2) is 6.66. The Bertz CT molecular complexity index is 1060. The summed E-state index contributed by atoms with van der Waals surface area (Å²) >= 11 is 5.89. The largest absolute Gasteiger partial charge is 0.493 e. The number of benzene rings is 2. The summed E-state index contributed by atoms with van der Waals surface area (Å²) in [5.74, 6) is -1.62. The number of para-hydroxylation sites is 1. The molecule has 0 aliphatic heterocycles. The van der Waals surface area contributed by atoms with Gasteiger partial charge in [-0.15, -0.1) is 0 Å². The fourth-order valence-corrected chi connectivity index (χ4v) is 2.48. The van der Waals surface area contributed by atoms with Gasteiger partial charge in [0.25, 0.3) is 11.5 Å². The highest BCUT2D eigenvalue weighted by atomic mass is 35.5. The molecule has 1 heterocycles. The first kappa shape index (κ1) is 16.5. The summed E-state index contributed by atoms with van der Waals surface area (Å²) < 4.78 is 0.799. The minimum Gasteiger partial charge on any atom is -0.493 e. The number of halogens is 1. The van der Waals surface area contributed by atoms with Crippen molar-refractivity contribution in [2.24, 2.45) is 0 Å². The molecule has 3 N–H and O–H groups in total. The van der Waals surface area contributed by atoms with Crippen molar-refractivity contribution in [3.63, 3.8) is 0 Å². The second-order valence-electron chi connectivity index (χ2n) is 5.09. The zero-order valence-electron chi connectivity index (χ0n) is 12.7. The SMILES string of the molecule is O=C(Nc1ccccc1)c1c(O)n(-c2cccc(Cl)c2)c(=O)[nH]c1=O. The Morgan fingerprint density at radius 1 is 1.08 bits per heavy atom. The van der Waals surface area contributed by atoms with Crippen LogP contribution in [0.2, 0.25) is 5.02 Å². The Kier molecular flexibility index (Phi) is 4.40. The molecule has 0 radical (unpaired) electrons. The van der Waals surface area contributed by atoms with Crippen molar-refractivity contribution in [3.05, 3.63) is 86.0 Å². The number of carbonyl (C=O) groups is 1. The first-order chi connectivity index (χ1) is 12.0. The van der Waals surface area contributed by atoms with E-state index in [4.69, 9.17) is 11.6 Å². The van der Waals surface area contributed by atoms with Gasteiger partial charge < -0.3 is 10.4 Å². The minimum absolute atomic E-state index is 0.208. The Hall–Kier alpha value is -3.32. The van der Waals surface area contributed by atoms with Crippen molar-refractivity contribution in [2.75, 3.05) is 5.32 Å². The topological polar surface area (TPSA) is 104 Å². The molecule has 25 heavy (non-hydrogen) atoms. The van der Waals surface area contributed by atoms with Crippen LogP contribution < -0.4 is 16.6 Å².